The van der Waals surface area contributed by atoms with E-state index in [4.69, 9.17) is 0 Å². The Kier molecular flexibility index (Phi) is 34.6. The van der Waals surface area contributed by atoms with Gasteiger partial charge in [0.1, 0.15) is 0 Å². The summed E-state index contributed by atoms with van der Waals surface area (Å²) in [7, 11) is 7.04. The van der Waals surface area contributed by atoms with Crippen molar-refractivity contribution in [1.29, 1.82) is 0 Å². The molecule has 0 saturated heterocycles. The fourth-order valence-corrected chi connectivity index (χ4v) is 6.63. The fourth-order valence-electron chi connectivity index (χ4n) is 5.64. The van der Waals surface area contributed by atoms with Gasteiger partial charge in [-0.1, -0.05) is 127 Å². The summed E-state index contributed by atoms with van der Waals surface area (Å²) in [6, 6.07) is 0. The maximum absolute atomic E-state index is 13.0. The van der Waals surface area contributed by atoms with E-state index >= 15 is 0 Å². The van der Waals surface area contributed by atoms with Crippen LogP contribution in [0.25, 0.3) is 0 Å². The molecule has 0 heterocycles. The van der Waals surface area contributed by atoms with Crippen molar-refractivity contribution >= 4 is 28.9 Å². The molecule has 0 aromatic carbocycles. The standard InChI is InChI=1S/C39H74N2O5S/c1-40(2)35-36-47-39(44)41(33-29-25-21-17-13-9-5-7-11-15-19-23-27-31-37(42)45-3)34-30-26-22-18-14-10-6-8-12-16-20-24-28-32-38(43)46-4/h7,11H,5-6,8-10,12-36H2,1-4H3/b11-7-. The molecular weight excluding hydrogens is 609 g/mol. The maximum atomic E-state index is 13.0. The van der Waals surface area contributed by atoms with E-state index in [1.54, 1.807) is 0 Å². The van der Waals surface area contributed by atoms with Gasteiger partial charge in [-0.15, -0.1) is 0 Å². The molecule has 0 rings (SSSR count). The number of hydrogen-bond donors (Lipinski definition) is 0. The number of ether oxygens (including phenoxy) is 2. The van der Waals surface area contributed by atoms with Crippen LogP contribution in [0, 0.1) is 0 Å². The van der Waals surface area contributed by atoms with Crippen LogP contribution in [0.5, 0.6) is 0 Å². The molecule has 0 spiro atoms. The molecule has 276 valence electrons. The first-order valence-corrected chi connectivity index (χ1v) is 20.2. The number of allylic oxidation sites excluding steroid dienone is 2. The Hall–Kier alpha value is -1.54. The van der Waals surface area contributed by atoms with Crippen LogP contribution in [-0.2, 0) is 19.1 Å². The molecule has 0 aliphatic carbocycles. The third-order valence-corrected chi connectivity index (χ3v) is 9.65. The summed E-state index contributed by atoms with van der Waals surface area (Å²) in [5.41, 5.74) is 0. The largest absolute Gasteiger partial charge is 0.469 e. The normalized spacial score (nSPS) is 11.4. The van der Waals surface area contributed by atoms with Gasteiger partial charge in [-0.25, -0.2) is 0 Å². The second-order valence-electron chi connectivity index (χ2n) is 13.4. The molecule has 0 aliphatic heterocycles. The molecule has 0 bridgehead atoms. The lowest BCUT2D eigenvalue weighted by atomic mass is 10.0. The molecule has 47 heavy (non-hydrogen) atoms. The number of carbonyl (C=O) groups excluding carboxylic acids is 3. The predicted molar refractivity (Wildman–Crippen MR) is 201 cm³/mol. The Labute approximate surface area is 294 Å². The lowest BCUT2D eigenvalue weighted by Crippen LogP contribution is -2.30. The maximum Gasteiger partial charge on any atom is 0.305 e. The van der Waals surface area contributed by atoms with Gasteiger partial charge in [0, 0.05) is 38.2 Å². The van der Waals surface area contributed by atoms with Gasteiger partial charge in [0.05, 0.1) is 14.2 Å². The number of nitrogens with zero attached hydrogens (tertiary/aromatic N) is 2. The van der Waals surface area contributed by atoms with Crippen molar-refractivity contribution in [3.05, 3.63) is 12.2 Å². The van der Waals surface area contributed by atoms with Crippen molar-refractivity contribution < 1.29 is 23.9 Å². The van der Waals surface area contributed by atoms with E-state index in [0.717, 1.165) is 83.2 Å². The molecule has 0 atom stereocenters. The highest BCUT2D eigenvalue weighted by Crippen LogP contribution is 2.16. The summed E-state index contributed by atoms with van der Waals surface area (Å²) < 4.78 is 9.37. The van der Waals surface area contributed by atoms with E-state index in [-0.39, 0.29) is 17.2 Å². The van der Waals surface area contributed by atoms with Crippen LogP contribution in [-0.4, -0.2) is 80.7 Å². The van der Waals surface area contributed by atoms with Crippen molar-refractivity contribution in [2.75, 3.05) is 53.7 Å². The lowest BCUT2D eigenvalue weighted by Gasteiger charge is -2.22. The van der Waals surface area contributed by atoms with E-state index in [2.05, 4.69) is 45.5 Å². The Morgan fingerprint density at radius 1 is 0.489 bits per heavy atom. The molecule has 0 aromatic rings. The van der Waals surface area contributed by atoms with Crippen molar-refractivity contribution in [1.82, 2.24) is 9.80 Å². The van der Waals surface area contributed by atoms with Crippen molar-refractivity contribution in [3.8, 4) is 0 Å². The van der Waals surface area contributed by atoms with Crippen LogP contribution in [0.15, 0.2) is 12.2 Å². The second-order valence-corrected chi connectivity index (χ2v) is 14.4. The fraction of sp³-hybridized carbons (Fsp3) is 0.872. The minimum Gasteiger partial charge on any atom is -0.469 e. The minimum atomic E-state index is -0.102. The van der Waals surface area contributed by atoms with E-state index in [1.807, 2.05) is 0 Å². The summed E-state index contributed by atoms with van der Waals surface area (Å²) in [5, 5.41) is 0.269. The van der Waals surface area contributed by atoms with Gasteiger partial charge in [-0.05, 0) is 65.5 Å². The van der Waals surface area contributed by atoms with Crippen LogP contribution in [0.4, 0.5) is 4.79 Å². The number of unbranched alkanes of at least 4 members (excludes halogenated alkanes) is 21. The van der Waals surface area contributed by atoms with E-state index in [9.17, 15) is 14.4 Å². The first-order chi connectivity index (χ1) is 22.9. The second kappa shape index (κ2) is 35.8. The van der Waals surface area contributed by atoms with Crippen LogP contribution in [0.1, 0.15) is 167 Å². The molecule has 0 aromatic heterocycles. The molecule has 0 saturated carbocycles. The predicted octanol–water partition coefficient (Wildman–Crippen LogP) is 10.7. The van der Waals surface area contributed by atoms with Crippen LogP contribution in [0.2, 0.25) is 0 Å². The van der Waals surface area contributed by atoms with Crippen LogP contribution >= 0.6 is 11.8 Å². The first-order valence-electron chi connectivity index (χ1n) is 19.3. The summed E-state index contributed by atoms with van der Waals surface area (Å²) in [6.45, 7) is 2.75. The number of thioether (sulfide) groups is 1. The summed E-state index contributed by atoms with van der Waals surface area (Å²) in [6.07, 6.45) is 34.8. The van der Waals surface area contributed by atoms with Gasteiger partial charge in [-0.2, -0.15) is 0 Å². The number of amides is 1. The van der Waals surface area contributed by atoms with E-state index in [1.165, 1.54) is 122 Å². The zero-order chi connectivity index (χ0) is 34.6. The number of carbonyl (C=O) groups is 3. The molecule has 0 unspecified atom stereocenters. The van der Waals surface area contributed by atoms with Gasteiger partial charge in [0.25, 0.3) is 5.24 Å². The minimum absolute atomic E-state index is 0.0857. The molecule has 0 aliphatic rings. The highest BCUT2D eigenvalue weighted by Gasteiger charge is 2.13. The number of hydrogen-bond acceptors (Lipinski definition) is 7. The average Bonchev–Trinajstić information content (AvgIpc) is 3.06. The van der Waals surface area contributed by atoms with Crippen LogP contribution < -0.4 is 0 Å². The zero-order valence-electron chi connectivity index (χ0n) is 31.2. The average molecular weight is 683 g/mol. The molecule has 8 heteroatoms. The van der Waals surface area contributed by atoms with Crippen molar-refractivity contribution in [3.63, 3.8) is 0 Å². The van der Waals surface area contributed by atoms with Gasteiger partial charge in [-0.3, -0.25) is 14.4 Å². The Morgan fingerprint density at radius 2 is 0.830 bits per heavy atom. The van der Waals surface area contributed by atoms with Crippen molar-refractivity contribution in [2.24, 2.45) is 0 Å². The summed E-state index contributed by atoms with van der Waals surface area (Å²) in [5.74, 6) is 0.675. The monoisotopic (exact) mass is 683 g/mol. The smallest absolute Gasteiger partial charge is 0.305 e. The lowest BCUT2D eigenvalue weighted by molar-refractivity contribution is -0.141. The highest BCUT2D eigenvalue weighted by atomic mass is 32.2. The Balaban J connectivity index is 3.89. The summed E-state index contributed by atoms with van der Waals surface area (Å²) >= 11 is 1.49. The zero-order valence-corrected chi connectivity index (χ0v) is 32.0. The third kappa shape index (κ3) is 34.1. The third-order valence-electron chi connectivity index (χ3n) is 8.75. The SMILES string of the molecule is COC(=O)CCCCC/C=C\CCCCCCCCN(CCCCCCCCCCCCCCCC(=O)OC)C(=O)SCCN(C)C. The van der Waals surface area contributed by atoms with Gasteiger partial charge >= 0.3 is 11.9 Å². The topological polar surface area (TPSA) is 76.1 Å². The molecular formula is C39H74N2O5S. The van der Waals surface area contributed by atoms with Gasteiger partial charge in [0.2, 0.25) is 0 Å². The van der Waals surface area contributed by atoms with Gasteiger partial charge in [0.15, 0.2) is 0 Å². The molecule has 7 nitrogen and oxygen atoms in total. The number of methoxy groups -OCH3 is 2. The highest BCUT2D eigenvalue weighted by molar-refractivity contribution is 8.13. The molecule has 0 radical (unpaired) electrons. The number of rotatable bonds is 34. The Bertz CT molecular complexity index is 762. The molecule has 0 N–H and O–H groups in total. The molecule has 1 amide bonds. The van der Waals surface area contributed by atoms with E-state index < -0.39 is 0 Å². The molecule has 0 fully saturated rings. The number of esters is 2. The van der Waals surface area contributed by atoms with E-state index in [0.29, 0.717) is 12.8 Å². The summed E-state index contributed by atoms with van der Waals surface area (Å²) in [4.78, 5) is 39.5. The van der Waals surface area contributed by atoms with Crippen LogP contribution in [0.3, 0.4) is 0 Å². The van der Waals surface area contributed by atoms with Crippen molar-refractivity contribution in [2.45, 2.75) is 167 Å². The first kappa shape index (κ1) is 45.5. The Morgan fingerprint density at radius 3 is 1.21 bits per heavy atom. The van der Waals surface area contributed by atoms with Gasteiger partial charge < -0.3 is 19.3 Å². The quantitative estimate of drug-likeness (QED) is 0.0380.